The topological polar surface area (TPSA) is 93.8 Å². The molecular formula is C16H17N3O4S. The third kappa shape index (κ3) is 5.17. The highest BCUT2D eigenvalue weighted by Crippen LogP contribution is 2.19. The molecule has 0 spiro atoms. The lowest BCUT2D eigenvalue weighted by Gasteiger charge is -2.08. The second-order valence-corrected chi connectivity index (χ2v) is 6.21. The van der Waals surface area contributed by atoms with Gasteiger partial charge in [0.05, 0.1) is 21.4 Å². The molecule has 1 N–H and O–H groups in total. The molecule has 1 heterocycles. The number of benzene rings is 1. The zero-order valence-electron chi connectivity index (χ0n) is 13.3. The summed E-state index contributed by atoms with van der Waals surface area (Å²) < 4.78 is 5.37. The molecule has 0 unspecified atom stereocenters. The van der Waals surface area contributed by atoms with Crippen molar-refractivity contribution in [3.8, 4) is 5.75 Å². The van der Waals surface area contributed by atoms with Crippen molar-refractivity contribution in [2.75, 3.05) is 6.61 Å². The van der Waals surface area contributed by atoms with Crippen LogP contribution in [0.2, 0.25) is 0 Å². The molecule has 0 aliphatic carbocycles. The van der Waals surface area contributed by atoms with Crippen molar-refractivity contribution in [3.63, 3.8) is 0 Å². The van der Waals surface area contributed by atoms with Crippen molar-refractivity contribution in [2.24, 2.45) is 5.10 Å². The minimum Gasteiger partial charge on any atom is -0.484 e. The van der Waals surface area contributed by atoms with Crippen LogP contribution < -0.4 is 10.2 Å². The Morgan fingerprint density at radius 1 is 1.42 bits per heavy atom. The predicted molar refractivity (Wildman–Crippen MR) is 92.7 cm³/mol. The maximum atomic E-state index is 11.6. The average Bonchev–Trinajstić information content (AvgIpc) is 3.02. The van der Waals surface area contributed by atoms with Crippen molar-refractivity contribution in [3.05, 3.63) is 56.3 Å². The van der Waals surface area contributed by atoms with Gasteiger partial charge in [-0.05, 0) is 23.6 Å². The van der Waals surface area contributed by atoms with Gasteiger partial charge < -0.3 is 4.74 Å². The summed E-state index contributed by atoms with van der Waals surface area (Å²) in [5, 5.41) is 15.7. The third-order valence-corrected chi connectivity index (χ3v) is 3.97. The highest BCUT2D eigenvalue weighted by atomic mass is 32.1. The summed E-state index contributed by atoms with van der Waals surface area (Å²) in [4.78, 5) is 22.3. The van der Waals surface area contributed by atoms with E-state index >= 15 is 0 Å². The Hall–Kier alpha value is -2.74. The Morgan fingerprint density at radius 2 is 2.12 bits per heavy atom. The lowest BCUT2D eigenvalue weighted by molar-refractivity contribution is -0.384. The number of nitrogens with zero attached hydrogens (tertiary/aromatic N) is 2. The van der Waals surface area contributed by atoms with E-state index in [1.165, 1.54) is 34.6 Å². The van der Waals surface area contributed by atoms with E-state index in [-0.39, 0.29) is 12.3 Å². The molecule has 1 amide bonds. The van der Waals surface area contributed by atoms with Gasteiger partial charge in [0.1, 0.15) is 5.75 Å². The minimum absolute atomic E-state index is 0.000884. The van der Waals surface area contributed by atoms with Crippen molar-refractivity contribution in [1.29, 1.82) is 0 Å². The molecule has 1 aromatic carbocycles. The van der Waals surface area contributed by atoms with Gasteiger partial charge in [-0.3, -0.25) is 14.9 Å². The number of ether oxygens (including phenoxy) is 1. The maximum Gasteiger partial charge on any atom is 0.280 e. The first-order chi connectivity index (χ1) is 11.5. The van der Waals surface area contributed by atoms with Gasteiger partial charge in [0.2, 0.25) is 0 Å². The largest absolute Gasteiger partial charge is 0.484 e. The third-order valence-electron chi connectivity index (χ3n) is 3.11. The minimum atomic E-state index is -0.481. The van der Waals surface area contributed by atoms with E-state index in [9.17, 15) is 14.9 Å². The maximum absolute atomic E-state index is 11.6. The van der Waals surface area contributed by atoms with E-state index < -0.39 is 10.8 Å². The van der Waals surface area contributed by atoms with Crippen LogP contribution in [0, 0.1) is 10.1 Å². The van der Waals surface area contributed by atoms with E-state index in [2.05, 4.69) is 24.4 Å². The molecule has 24 heavy (non-hydrogen) atoms. The Kier molecular flexibility index (Phi) is 6.02. The van der Waals surface area contributed by atoms with Crippen LogP contribution in [-0.2, 0) is 4.79 Å². The van der Waals surface area contributed by atoms with Gasteiger partial charge in [-0.2, -0.15) is 5.10 Å². The summed E-state index contributed by atoms with van der Waals surface area (Å²) in [7, 11) is 0. The molecule has 7 nitrogen and oxygen atoms in total. The normalized spacial score (nSPS) is 11.0. The average molecular weight is 347 g/mol. The molecule has 0 radical (unpaired) electrons. The number of thiophene rings is 1. The molecule has 0 fully saturated rings. The van der Waals surface area contributed by atoms with Gasteiger partial charge in [0, 0.05) is 6.07 Å². The Morgan fingerprint density at radius 3 is 2.71 bits per heavy atom. The number of carbonyl (C=O) groups excluding carboxylic acids is 1. The van der Waals surface area contributed by atoms with Crippen LogP contribution in [0.25, 0.3) is 0 Å². The molecule has 0 saturated carbocycles. The number of nitro groups is 1. The molecule has 0 bridgehead atoms. The highest BCUT2D eigenvalue weighted by molar-refractivity contribution is 7.12. The first-order valence-electron chi connectivity index (χ1n) is 7.23. The molecule has 0 saturated heterocycles. The van der Waals surface area contributed by atoms with Gasteiger partial charge >= 0.3 is 0 Å². The van der Waals surface area contributed by atoms with Gasteiger partial charge in [-0.25, -0.2) is 5.43 Å². The Balaban J connectivity index is 1.78. The van der Waals surface area contributed by atoms with Crippen LogP contribution in [0.4, 0.5) is 5.69 Å². The van der Waals surface area contributed by atoms with Gasteiger partial charge in [-0.1, -0.05) is 26.0 Å². The lowest BCUT2D eigenvalue weighted by Crippen LogP contribution is -2.24. The Labute approximate surface area is 143 Å². The summed E-state index contributed by atoms with van der Waals surface area (Å²) in [5.74, 6) is 0.627. The van der Waals surface area contributed by atoms with Crippen LogP contribution in [0.1, 0.15) is 30.2 Å². The zero-order chi connectivity index (χ0) is 17.5. The van der Waals surface area contributed by atoms with Gasteiger partial charge in [0.15, 0.2) is 6.61 Å². The first-order valence-corrected chi connectivity index (χ1v) is 8.11. The number of nitrogens with one attached hydrogen (secondary N) is 1. The molecular weight excluding hydrogens is 330 g/mol. The van der Waals surface area contributed by atoms with E-state index in [0.717, 1.165) is 0 Å². The standard InChI is InChI=1S/C16H17N3O4S/c1-11(2)12-3-5-14(6-4-12)23-9-16(20)18-17-8-15-7-13(10-24-15)19(21)22/h3-8,10-11H,9H2,1-2H3,(H,18,20). The van der Waals surface area contributed by atoms with E-state index in [4.69, 9.17) is 4.74 Å². The quantitative estimate of drug-likeness (QED) is 0.472. The summed E-state index contributed by atoms with van der Waals surface area (Å²) in [6, 6.07) is 8.93. The number of carbonyl (C=O) groups is 1. The molecule has 2 aromatic rings. The molecule has 2 rings (SSSR count). The molecule has 0 atom stereocenters. The molecule has 1 aromatic heterocycles. The van der Waals surface area contributed by atoms with Crippen molar-refractivity contribution >= 4 is 29.1 Å². The molecule has 0 aliphatic heterocycles. The zero-order valence-corrected chi connectivity index (χ0v) is 14.1. The van der Waals surface area contributed by atoms with E-state index in [1.54, 1.807) is 0 Å². The molecule has 0 aliphatic rings. The van der Waals surface area contributed by atoms with E-state index in [0.29, 0.717) is 16.5 Å². The second-order valence-electron chi connectivity index (χ2n) is 5.27. The number of hydrogen-bond acceptors (Lipinski definition) is 6. The number of hydrogen-bond donors (Lipinski definition) is 1. The van der Waals surface area contributed by atoms with E-state index in [1.807, 2.05) is 24.3 Å². The number of amides is 1. The summed E-state index contributed by atoms with van der Waals surface area (Å²) >= 11 is 1.17. The predicted octanol–water partition coefficient (Wildman–Crippen LogP) is 3.31. The SMILES string of the molecule is CC(C)c1ccc(OCC(=O)NN=Cc2cc([N+](=O)[O-])cs2)cc1. The number of hydrazone groups is 1. The van der Waals surface area contributed by atoms with Gasteiger partial charge in [0.25, 0.3) is 11.6 Å². The smallest absolute Gasteiger partial charge is 0.280 e. The number of rotatable bonds is 7. The van der Waals surface area contributed by atoms with Crippen molar-refractivity contribution in [1.82, 2.24) is 5.43 Å². The fraction of sp³-hybridized carbons (Fsp3) is 0.250. The van der Waals surface area contributed by atoms with Crippen LogP contribution in [-0.4, -0.2) is 23.7 Å². The second kappa shape index (κ2) is 8.21. The van der Waals surface area contributed by atoms with Crippen LogP contribution in [0.3, 0.4) is 0 Å². The summed E-state index contributed by atoms with van der Waals surface area (Å²) in [5.41, 5.74) is 3.51. The van der Waals surface area contributed by atoms with Crippen molar-refractivity contribution < 1.29 is 14.5 Å². The van der Waals surface area contributed by atoms with Crippen LogP contribution >= 0.6 is 11.3 Å². The lowest BCUT2D eigenvalue weighted by atomic mass is 10.0. The first kappa shape index (κ1) is 17.6. The van der Waals surface area contributed by atoms with Crippen LogP contribution in [0.5, 0.6) is 5.75 Å². The summed E-state index contributed by atoms with van der Waals surface area (Å²) in [6.45, 7) is 4.04. The highest BCUT2D eigenvalue weighted by Gasteiger charge is 2.08. The fourth-order valence-electron chi connectivity index (χ4n) is 1.80. The summed E-state index contributed by atoms with van der Waals surface area (Å²) in [6.07, 6.45) is 1.35. The molecule has 8 heteroatoms. The molecule has 126 valence electrons. The Bertz CT molecular complexity index is 738. The van der Waals surface area contributed by atoms with Gasteiger partial charge in [-0.15, -0.1) is 11.3 Å². The van der Waals surface area contributed by atoms with Crippen molar-refractivity contribution in [2.45, 2.75) is 19.8 Å². The monoisotopic (exact) mass is 347 g/mol. The fourth-order valence-corrected chi connectivity index (χ4v) is 2.52. The van der Waals surface area contributed by atoms with Crippen LogP contribution in [0.15, 0.2) is 40.8 Å².